The van der Waals surface area contributed by atoms with Gasteiger partial charge in [-0.05, 0) is 36.9 Å². The first-order valence-corrected chi connectivity index (χ1v) is 9.80. The SMILES string of the molecule is CC1CCC(CCN2CCN(c3cccc(Cl)c3Cl)CC2)CC1. The van der Waals surface area contributed by atoms with E-state index in [4.69, 9.17) is 23.2 Å². The average Bonchev–Trinajstić information content (AvgIpc) is 2.57. The van der Waals surface area contributed by atoms with E-state index >= 15 is 0 Å². The summed E-state index contributed by atoms with van der Waals surface area (Å²) in [4.78, 5) is 4.99. The van der Waals surface area contributed by atoms with Crippen LogP contribution in [0.4, 0.5) is 5.69 Å². The molecule has 1 aromatic rings. The molecule has 1 aliphatic heterocycles. The van der Waals surface area contributed by atoms with Gasteiger partial charge < -0.3 is 4.90 Å². The van der Waals surface area contributed by atoms with Crippen molar-refractivity contribution in [1.29, 1.82) is 0 Å². The zero-order valence-corrected chi connectivity index (χ0v) is 15.6. The second kappa shape index (κ2) is 8.09. The van der Waals surface area contributed by atoms with Gasteiger partial charge in [-0.25, -0.2) is 0 Å². The van der Waals surface area contributed by atoms with Crippen LogP contribution in [0.15, 0.2) is 18.2 Å². The quantitative estimate of drug-likeness (QED) is 0.720. The third-order valence-electron chi connectivity index (χ3n) is 5.63. The van der Waals surface area contributed by atoms with E-state index in [-0.39, 0.29) is 0 Å². The third-order valence-corrected chi connectivity index (χ3v) is 6.44. The van der Waals surface area contributed by atoms with Crippen LogP contribution in [0.2, 0.25) is 10.0 Å². The lowest BCUT2D eigenvalue weighted by Crippen LogP contribution is -2.47. The fourth-order valence-electron chi connectivity index (χ4n) is 3.93. The monoisotopic (exact) mass is 354 g/mol. The van der Waals surface area contributed by atoms with Crippen molar-refractivity contribution in [2.45, 2.75) is 39.0 Å². The molecule has 1 saturated carbocycles. The minimum Gasteiger partial charge on any atom is -0.368 e. The summed E-state index contributed by atoms with van der Waals surface area (Å²) >= 11 is 12.5. The number of hydrogen-bond donors (Lipinski definition) is 0. The molecule has 0 amide bonds. The molecule has 2 aliphatic rings. The number of piperazine rings is 1. The lowest BCUT2D eigenvalue weighted by Gasteiger charge is -2.37. The van der Waals surface area contributed by atoms with Crippen LogP contribution < -0.4 is 4.90 Å². The maximum Gasteiger partial charge on any atom is 0.0825 e. The van der Waals surface area contributed by atoms with E-state index < -0.39 is 0 Å². The van der Waals surface area contributed by atoms with Crippen LogP contribution in [0.5, 0.6) is 0 Å². The summed E-state index contributed by atoms with van der Waals surface area (Å²) in [5.74, 6) is 1.92. The maximum absolute atomic E-state index is 6.35. The van der Waals surface area contributed by atoms with Crippen molar-refractivity contribution in [3.8, 4) is 0 Å². The molecule has 2 nitrogen and oxygen atoms in total. The Bertz CT molecular complexity index is 504. The molecule has 0 N–H and O–H groups in total. The molecule has 0 aromatic heterocycles. The first-order chi connectivity index (χ1) is 11.1. The molecule has 0 bridgehead atoms. The maximum atomic E-state index is 6.35. The molecular weight excluding hydrogens is 327 g/mol. The molecule has 0 spiro atoms. The lowest BCUT2D eigenvalue weighted by molar-refractivity contribution is 0.208. The summed E-state index contributed by atoms with van der Waals surface area (Å²) < 4.78 is 0. The molecule has 0 unspecified atom stereocenters. The van der Waals surface area contributed by atoms with Crippen molar-refractivity contribution in [2.24, 2.45) is 11.8 Å². The zero-order chi connectivity index (χ0) is 16.2. The van der Waals surface area contributed by atoms with Gasteiger partial charge in [0.1, 0.15) is 0 Å². The van der Waals surface area contributed by atoms with E-state index in [9.17, 15) is 0 Å². The van der Waals surface area contributed by atoms with E-state index in [1.807, 2.05) is 12.1 Å². The first kappa shape index (κ1) is 17.4. The Morgan fingerprint density at radius 1 is 1.00 bits per heavy atom. The highest BCUT2D eigenvalue weighted by Gasteiger charge is 2.22. The Balaban J connectivity index is 1.44. The van der Waals surface area contributed by atoms with Crippen LogP contribution in [0.1, 0.15) is 39.0 Å². The van der Waals surface area contributed by atoms with Gasteiger partial charge in [-0.3, -0.25) is 4.90 Å². The van der Waals surface area contributed by atoms with E-state index in [1.54, 1.807) is 0 Å². The highest BCUT2D eigenvalue weighted by molar-refractivity contribution is 6.43. The van der Waals surface area contributed by atoms with Gasteiger partial charge in [-0.15, -0.1) is 0 Å². The molecule has 1 heterocycles. The van der Waals surface area contributed by atoms with Crippen LogP contribution in [-0.4, -0.2) is 37.6 Å². The highest BCUT2D eigenvalue weighted by Crippen LogP contribution is 2.33. The molecule has 4 heteroatoms. The zero-order valence-electron chi connectivity index (χ0n) is 14.1. The molecule has 1 aromatic carbocycles. The van der Waals surface area contributed by atoms with Crippen molar-refractivity contribution in [2.75, 3.05) is 37.6 Å². The van der Waals surface area contributed by atoms with Gasteiger partial charge in [-0.1, -0.05) is 61.9 Å². The van der Waals surface area contributed by atoms with Crippen LogP contribution in [-0.2, 0) is 0 Å². The van der Waals surface area contributed by atoms with Crippen molar-refractivity contribution >= 4 is 28.9 Å². The number of rotatable bonds is 4. The van der Waals surface area contributed by atoms with Crippen LogP contribution >= 0.6 is 23.2 Å². The van der Waals surface area contributed by atoms with Gasteiger partial charge in [0.25, 0.3) is 0 Å². The summed E-state index contributed by atoms with van der Waals surface area (Å²) in [6.45, 7) is 8.01. The van der Waals surface area contributed by atoms with Gasteiger partial charge in [0.2, 0.25) is 0 Å². The van der Waals surface area contributed by atoms with Crippen molar-refractivity contribution in [3.05, 3.63) is 28.2 Å². The van der Waals surface area contributed by atoms with Gasteiger partial charge in [0, 0.05) is 26.2 Å². The highest BCUT2D eigenvalue weighted by atomic mass is 35.5. The molecule has 1 saturated heterocycles. The van der Waals surface area contributed by atoms with Crippen molar-refractivity contribution in [1.82, 2.24) is 4.90 Å². The molecule has 3 rings (SSSR count). The number of halogens is 2. The third kappa shape index (κ3) is 4.55. The molecule has 0 atom stereocenters. The lowest BCUT2D eigenvalue weighted by atomic mass is 9.81. The van der Waals surface area contributed by atoms with Crippen molar-refractivity contribution in [3.63, 3.8) is 0 Å². The molecule has 1 aliphatic carbocycles. The van der Waals surface area contributed by atoms with E-state index in [0.29, 0.717) is 10.0 Å². The predicted octanol–water partition coefficient (Wildman–Crippen LogP) is 5.33. The minimum absolute atomic E-state index is 0.651. The second-order valence-electron chi connectivity index (χ2n) is 7.32. The average molecular weight is 355 g/mol. The molecule has 128 valence electrons. The summed E-state index contributed by atoms with van der Waals surface area (Å²) in [7, 11) is 0. The van der Waals surface area contributed by atoms with Crippen LogP contribution in [0.3, 0.4) is 0 Å². The minimum atomic E-state index is 0.651. The molecule has 0 radical (unpaired) electrons. The van der Waals surface area contributed by atoms with Gasteiger partial charge in [-0.2, -0.15) is 0 Å². The predicted molar refractivity (Wildman–Crippen MR) is 101 cm³/mol. The fourth-order valence-corrected chi connectivity index (χ4v) is 4.35. The summed E-state index contributed by atoms with van der Waals surface area (Å²) in [6, 6.07) is 5.92. The van der Waals surface area contributed by atoms with E-state index in [2.05, 4.69) is 22.8 Å². The summed E-state index contributed by atoms with van der Waals surface area (Å²) in [5, 5.41) is 1.34. The molecule has 2 fully saturated rings. The summed E-state index contributed by atoms with van der Waals surface area (Å²) in [6.07, 6.45) is 7.14. The van der Waals surface area contributed by atoms with Gasteiger partial charge in [0.05, 0.1) is 15.7 Å². The fraction of sp³-hybridized carbons (Fsp3) is 0.684. The molecule has 23 heavy (non-hydrogen) atoms. The van der Waals surface area contributed by atoms with E-state index in [1.165, 1.54) is 38.6 Å². The largest absolute Gasteiger partial charge is 0.368 e. The number of nitrogens with zero attached hydrogens (tertiary/aromatic N) is 2. The Morgan fingerprint density at radius 2 is 1.70 bits per heavy atom. The second-order valence-corrected chi connectivity index (χ2v) is 8.10. The van der Waals surface area contributed by atoms with Gasteiger partial charge >= 0.3 is 0 Å². The topological polar surface area (TPSA) is 6.48 Å². The van der Waals surface area contributed by atoms with E-state index in [0.717, 1.165) is 43.7 Å². The smallest absolute Gasteiger partial charge is 0.0825 e. The Morgan fingerprint density at radius 3 is 2.39 bits per heavy atom. The Hall–Kier alpha value is -0.440. The standard InChI is InChI=1S/C19H28Cl2N2/c1-15-5-7-16(8-6-15)9-10-22-11-13-23(14-12-22)18-4-2-3-17(20)19(18)21/h2-4,15-16H,5-14H2,1H3. The summed E-state index contributed by atoms with van der Waals surface area (Å²) in [5.41, 5.74) is 1.08. The normalized spacial score (nSPS) is 26.5. The number of benzene rings is 1. The van der Waals surface area contributed by atoms with Crippen molar-refractivity contribution < 1.29 is 0 Å². The molecular formula is C19H28Cl2N2. The van der Waals surface area contributed by atoms with Crippen LogP contribution in [0.25, 0.3) is 0 Å². The number of hydrogen-bond acceptors (Lipinski definition) is 2. The number of anilines is 1. The first-order valence-electron chi connectivity index (χ1n) is 9.05. The van der Waals surface area contributed by atoms with Crippen LogP contribution in [0, 0.1) is 11.8 Å². The van der Waals surface area contributed by atoms with Gasteiger partial charge in [0.15, 0.2) is 0 Å². The Labute approximate surface area is 150 Å². The Kier molecular flexibility index (Phi) is 6.12.